The third-order valence-electron chi connectivity index (χ3n) is 2.84. The molecular formula is C15H14FNO2S. The van der Waals surface area contributed by atoms with Gasteiger partial charge in [0.05, 0.1) is 6.61 Å². The van der Waals surface area contributed by atoms with E-state index in [4.69, 9.17) is 27.8 Å². The van der Waals surface area contributed by atoms with Gasteiger partial charge in [0.25, 0.3) is 0 Å². The number of nitrogens with two attached hydrogens (primary N) is 1. The van der Waals surface area contributed by atoms with E-state index in [1.807, 2.05) is 0 Å². The molecule has 2 rings (SSSR count). The molecule has 0 saturated carbocycles. The molecule has 0 unspecified atom stereocenters. The van der Waals surface area contributed by atoms with Crippen LogP contribution in [0.15, 0.2) is 42.5 Å². The standard InChI is InChI=1S/C15H14FNO2S/c16-14-11(2-1-3-13(14)15(17)20)9-19-12-6-4-10(8-18)5-7-12/h1-7,18H,8-9H2,(H2,17,20). The molecule has 0 fully saturated rings. The Morgan fingerprint density at radius 3 is 2.50 bits per heavy atom. The van der Waals surface area contributed by atoms with E-state index in [2.05, 4.69) is 0 Å². The molecule has 0 radical (unpaired) electrons. The second-order valence-corrected chi connectivity index (χ2v) is 4.67. The molecule has 3 N–H and O–H groups in total. The summed E-state index contributed by atoms with van der Waals surface area (Å²) in [6.45, 7) is 0.0612. The maximum atomic E-state index is 14.1. The van der Waals surface area contributed by atoms with E-state index < -0.39 is 5.82 Å². The smallest absolute Gasteiger partial charge is 0.139 e. The van der Waals surface area contributed by atoms with Crippen LogP contribution in [0.1, 0.15) is 16.7 Å². The third-order valence-corrected chi connectivity index (χ3v) is 3.06. The summed E-state index contributed by atoms with van der Waals surface area (Å²) in [5.41, 5.74) is 6.85. The minimum Gasteiger partial charge on any atom is -0.489 e. The Morgan fingerprint density at radius 2 is 1.90 bits per heavy atom. The third kappa shape index (κ3) is 3.31. The number of halogens is 1. The van der Waals surface area contributed by atoms with Crippen molar-refractivity contribution in [2.75, 3.05) is 0 Å². The van der Waals surface area contributed by atoms with Crippen molar-refractivity contribution in [2.45, 2.75) is 13.2 Å². The van der Waals surface area contributed by atoms with Crippen LogP contribution < -0.4 is 10.5 Å². The molecule has 0 aliphatic rings. The first-order valence-electron chi connectivity index (χ1n) is 6.01. The normalized spacial score (nSPS) is 10.3. The number of aliphatic hydroxyl groups is 1. The van der Waals surface area contributed by atoms with Gasteiger partial charge in [0.2, 0.25) is 0 Å². The predicted octanol–water partition coefficient (Wildman–Crippen LogP) is 2.53. The van der Waals surface area contributed by atoms with Crippen LogP contribution >= 0.6 is 12.2 Å². The molecule has 0 aromatic heterocycles. The first kappa shape index (κ1) is 14.4. The molecule has 5 heteroatoms. The van der Waals surface area contributed by atoms with Crippen LogP contribution in [0.2, 0.25) is 0 Å². The van der Waals surface area contributed by atoms with E-state index in [1.54, 1.807) is 36.4 Å². The zero-order valence-corrected chi connectivity index (χ0v) is 11.5. The summed E-state index contributed by atoms with van der Waals surface area (Å²) in [7, 11) is 0. The zero-order chi connectivity index (χ0) is 14.5. The second kappa shape index (κ2) is 6.45. The van der Waals surface area contributed by atoms with Crippen LogP contribution in [0, 0.1) is 5.82 Å². The number of rotatable bonds is 5. The summed E-state index contributed by atoms with van der Waals surface area (Å²) in [6.07, 6.45) is 0. The van der Waals surface area contributed by atoms with Gasteiger partial charge in [0.15, 0.2) is 0 Å². The van der Waals surface area contributed by atoms with Gasteiger partial charge in [-0.2, -0.15) is 0 Å². The van der Waals surface area contributed by atoms with Gasteiger partial charge < -0.3 is 15.6 Å². The molecule has 0 bridgehead atoms. The summed E-state index contributed by atoms with van der Waals surface area (Å²) in [5.74, 6) is 0.148. The monoisotopic (exact) mass is 291 g/mol. The van der Waals surface area contributed by atoms with Gasteiger partial charge in [-0.1, -0.05) is 36.5 Å². The molecule has 0 heterocycles. The second-order valence-electron chi connectivity index (χ2n) is 4.23. The summed E-state index contributed by atoms with van der Waals surface area (Å²) < 4.78 is 19.6. The molecule has 0 aliphatic heterocycles. The van der Waals surface area contributed by atoms with Gasteiger partial charge in [-0.25, -0.2) is 4.39 Å². The molecule has 0 amide bonds. The molecule has 3 nitrogen and oxygen atoms in total. The summed E-state index contributed by atoms with van der Waals surface area (Å²) in [4.78, 5) is 0.0247. The van der Waals surface area contributed by atoms with E-state index in [1.165, 1.54) is 6.07 Å². The van der Waals surface area contributed by atoms with Crippen LogP contribution in [0.3, 0.4) is 0 Å². The van der Waals surface area contributed by atoms with Gasteiger partial charge in [-0.3, -0.25) is 0 Å². The van der Waals surface area contributed by atoms with E-state index in [-0.39, 0.29) is 23.8 Å². The van der Waals surface area contributed by atoms with Crippen molar-refractivity contribution in [1.82, 2.24) is 0 Å². The molecule has 2 aromatic carbocycles. The largest absolute Gasteiger partial charge is 0.489 e. The SMILES string of the molecule is NC(=S)c1cccc(COc2ccc(CO)cc2)c1F. The molecule has 0 aliphatic carbocycles. The lowest BCUT2D eigenvalue weighted by Crippen LogP contribution is -2.13. The van der Waals surface area contributed by atoms with Crippen molar-refractivity contribution in [3.63, 3.8) is 0 Å². The van der Waals surface area contributed by atoms with Gasteiger partial charge in [-0.05, 0) is 23.8 Å². The van der Waals surface area contributed by atoms with Gasteiger partial charge in [0.1, 0.15) is 23.2 Å². The van der Waals surface area contributed by atoms with E-state index in [0.29, 0.717) is 11.3 Å². The van der Waals surface area contributed by atoms with E-state index in [9.17, 15) is 4.39 Å². The van der Waals surface area contributed by atoms with Gasteiger partial charge >= 0.3 is 0 Å². The Kier molecular flexibility index (Phi) is 4.65. The quantitative estimate of drug-likeness (QED) is 0.831. The van der Waals surface area contributed by atoms with Crippen molar-refractivity contribution in [3.8, 4) is 5.75 Å². The van der Waals surface area contributed by atoms with E-state index in [0.717, 1.165) is 5.56 Å². The number of thiocarbonyl (C=S) groups is 1. The average molecular weight is 291 g/mol. The van der Waals surface area contributed by atoms with Crippen molar-refractivity contribution in [3.05, 3.63) is 65.0 Å². The van der Waals surface area contributed by atoms with Crippen LogP contribution in [0.25, 0.3) is 0 Å². The fourth-order valence-corrected chi connectivity index (χ4v) is 1.89. The fourth-order valence-electron chi connectivity index (χ4n) is 1.73. The van der Waals surface area contributed by atoms with Crippen molar-refractivity contribution in [2.24, 2.45) is 5.73 Å². The van der Waals surface area contributed by atoms with Crippen molar-refractivity contribution in [1.29, 1.82) is 0 Å². The Bertz CT molecular complexity index is 614. The number of hydrogen-bond acceptors (Lipinski definition) is 3. The Hall–Kier alpha value is -1.98. The molecule has 0 saturated heterocycles. The highest BCUT2D eigenvalue weighted by molar-refractivity contribution is 7.80. The maximum absolute atomic E-state index is 14.1. The van der Waals surface area contributed by atoms with Crippen LogP contribution in [-0.2, 0) is 13.2 Å². The number of benzene rings is 2. The zero-order valence-electron chi connectivity index (χ0n) is 10.7. The van der Waals surface area contributed by atoms with Crippen molar-refractivity contribution < 1.29 is 14.2 Å². The van der Waals surface area contributed by atoms with Gasteiger partial charge in [-0.15, -0.1) is 0 Å². The van der Waals surface area contributed by atoms with Crippen LogP contribution in [0.5, 0.6) is 5.75 Å². The molecule has 20 heavy (non-hydrogen) atoms. The molecule has 104 valence electrons. The summed E-state index contributed by atoms with van der Waals surface area (Å²) >= 11 is 4.79. The minimum absolute atomic E-state index is 0.0229. The molecular weight excluding hydrogens is 277 g/mol. The van der Waals surface area contributed by atoms with Crippen LogP contribution in [0.4, 0.5) is 4.39 Å². The first-order chi connectivity index (χ1) is 9.61. The summed E-state index contributed by atoms with van der Waals surface area (Å²) in [5, 5.41) is 8.94. The number of ether oxygens (including phenoxy) is 1. The van der Waals surface area contributed by atoms with Crippen LogP contribution in [-0.4, -0.2) is 10.1 Å². The van der Waals surface area contributed by atoms with Crippen molar-refractivity contribution >= 4 is 17.2 Å². The molecule has 0 spiro atoms. The lowest BCUT2D eigenvalue weighted by molar-refractivity contribution is 0.280. The predicted molar refractivity (Wildman–Crippen MR) is 79.0 cm³/mol. The molecule has 0 atom stereocenters. The van der Waals surface area contributed by atoms with Gasteiger partial charge in [0, 0.05) is 11.1 Å². The average Bonchev–Trinajstić information content (AvgIpc) is 2.46. The Labute approximate surface area is 121 Å². The number of hydrogen-bond donors (Lipinski definition) is 2. The highest BCUT2D eigenvalue weighted by atomic mass is 32.1. The summed E-state index contributed by atoms with van der Waals surface area (Å²) in [6, 6.07) is 11.8. The highest BCUT2D eigenvalue weighted by Gasteiger charge is 2.10. The Balaban J connectivity index is 2.10. The van der Waals surface area contributed by atoms with E-state index >= 15 is 0 Å². The fraction of sp³-hybridized carbons (Fsp3) is 0.133. The first-order valence-corrected chi connectivity index (χ1v) is 6.42. The molecule has 2 aromatic rings. The highest BCUT2D eigenvalue weighted by Crippen LogP contribution is 2.17. The maximum Gasteiger partial charge on any atom is 0.139 e. The topological polar surface area (TPSA) is 55.5 Å². The Morgan fingerprint density at radius 1 is 1.20 bits per heavy atom. The lowest BCUT2D eigenvalue weighted by atomic mass is 10.1. The minimum atomic E-state index is -0.452. The lowest BCUT2D eigenvalue weighted by Gasteiger charge is -2.09. The number of aliphatic hydroxyl groups excluding tert-OH is 1.